The van der Waals surface area contributed by atoms with E-state index in [1.807, 2.05) is 13.8 Å². The van der Waals surface area contributed by atoms with Crippen molar-refractivity contribution in [2.75, 3.05) is 19.7 Å². The van der Waals surface area contributed by atoms with Crippen molar-refractivity contribution in [2.24, 2.45) is 5.92 Å². The zero-order chi connectivity index (χ0) is 8.91. The van der Waals surface area contributed by atoms with Crippen molar-refractivity contribution >= 4 is 0 Å². The molecule has 0 aliphatic rings. The third-order valence-corrected chi connectivity index (χ3v) is 1.17. The normalized spacial score (nSPS) is 12.5. The number of halogens is 2. The minimum absolute atomic E-state index is 0.351. The van der Waals surface area contributed by atoms with E-state index >= 15 is 0 Å². The topological polar surface area (TPSA) is 32.3 Å². The Hall–Kier alpha value is -0.220. The molecule has 0 rings (SSSR count). The van der Waals surface area contributed by atoms with Gasteiger partial charge in [-0.05, 0) is 12.5 Å². The molecule has 0 unspecified atom stereocenters. The zero-order valence-electron chi connectivity index (χ0n) is 6.90. The van der Waals surface area contributed by atoms with Crippen LogP contribution in [0.3, 0.4) is 0 Å². The van der Waals surface area contributed by atoms with Gasteiger partial charge in [-0.25, -0.2) is 8.78 Å². The van der Waals surface area contributed by atoms with Crippen LogP contribution in [-0.2, 0) is 0 Å². The van der Waals surface area contributed by atoms with Gasteiger partial charge < -0.3 is 10.4 Å². The summed E-state index contributed by atoms with van der Waals surface area (Å²) in [4.78, 5) is 0. The molecule has 0 heterocycles. The molecule has 2 nitrogen and oxygen atoms in total. The molecule has 0 saturated carbocycles. The first-order valence-corrected chi connectivity index (χ1v) is 3.67. The summed E-state index contributed by atoms with van der Waals surface area (Å²) in [6.45, 7) is 2.89. The van der Waals surface area contributed by atoms with E-state index in [4.69, 9.17) is 5.11 Å². The standard InChI is InChI=1S/C7H15F2NO/c1-6(2)3-10-4-7(8,9)5-11/h6,10-11H,3-5H2,1-2H3. The number of hydrogen-bond acceptors (Lipinski definition) is 2. The highest BCUT2D eigenvalue weighted by Crippen LogP contribution is 2.09. The summed E-state index contributed by atoms with van der Waals surface area (Å²) in [5, 5.41) is 10.7. The second-order valence-electron chi connectivity index (χ2n) is 3.04. The number of hydrogen-bond donors (Lipinski definition) is 2. The fraction of sp³-hybridized carbons (Fsp3) is 1.00. The molecular weight excluding hydrogens is 152 g/mol. The molecule has 0 spiro atoms. The number of aliphatic hydroxyl groups excluding tert-OH is 1. The van der Waals surface area contributed by atoms with Gasteiger partial charge in [-0.2, -0.15) is 0 Å². The summed E-state index contributed by atoms with van der Waals surface area (Å²) in [5.74, 6) is -2.63. The molecule has 11 heavy (non-hydrogen) atoms. The van der Waals surface area contributed by atoms with Crippen molar-refractivity contribution in [2.45, 2.75) is 19.8 Å². The summed E-state index contributed by atoms with van der Waals surface area (Å²) in [7, 11) is 0. The summed E-state index contributed by atoms with van der Waals surface area (Å²) >= 11 is 0. The van der Waals surface area contributed by atoms with Crippen LogP contribution in [0, 0.1) is 5.92 Å². The van der Waals surface area contributed by atoms with Gasteiger partial charge in [0, 0.05) is 0 Å². The van der Waals surface area contributed by atoms with Gasteiger partial charge in [-0.1, -0.05) is 13.8 Å². The van der Waals surface area contributed by atoms with Crippen LogP contribution in [0.25, 0.3) is 0 Å². The van der Waals surface area contributed by atoms with Gasteiger partial charge >= 0.3 is 0 Å². The summed E-state index contributed by atoms with van der Waals surface area (Å²) in [6, 6.07) is 0. The molecule has 68 valence electrons. The van der Waals surface area contributed by atoms with Crippen molar-refractivity contribution in [1.29, 1.82) is 0 Å². The predicted octanol–water partition coefficient (Wildman–Crippen LogP) is 0.860. The van der Waals surface area contributed by atoms with E-state index in [0.29, 0.717) is 12.5 Å². The number of alkyl halides is 2. The van der Waals surface area contributed by atoms with E-state index in [2.05, 4.69) is 5.32 Å². The SMILES string of the molecule is CC(C)CNCC(F)(F)CO. The molecule has 0 atom stereocenters. The molecule has 0 bridgehead atoms. The van der Waals surface area contributed by atoms with Gasteiger partial charge in [-0.3, -0.25) is 0 Å². The van der Waals surface area contributed by atoms with Gasteiger partial charge in [0.15, 0.2) is 0 Å². The molecule has 4 heteroatoms. The lowest BCUT2D eigenvalue weighted by Gasteiger charge is -2.14. The van der Waals surface area contributed by atoms with Crippen LogP contribution in [0.1, 0.15) is 13.8 Å². The van der Waals surface area contributed by atoms with Crippen LogP contribution in [0.4, 0.5) is 8.78 Å². The molecular formula is C7H15F2NO. The number of rotatable bonds is 5. The summed E-state index contributed by atoms with van der Waals surface area (Å²) in [6.07, 6.45) is 0. The Bertz CT molecular complexity index is 107. The first-order chi connectivity index (χ1) is 4.98. The Morgan fingerprint density at radius 2 is 2.00 bits per heavy atom. The summed E-state index contributed by atoms with van der Waals surface area (Å²) in [5.41, 5.74) is 0. The fourth-order valence-electron chi connectivity index (χ4n) is 0.600. The third-order valence-electron chi connectivity index (χ3n) is 1.17. The van der Waals surface area contributed by atoms with Crippen molar-refractivity contribution in [3.63, 3.8) is 0 Å². The highest BCUT2D eigenvalue weighted by Gasteiger charge is 2.26. The molecule has 0 saturated heterocycles. The smallest absolute Gasteiger partial charge is 0.282 e. The van der Waals surface area contributed by atoms with Crippen LogP contribution >= 0.6 is 0 Å². The average molecular weight is 167 g/mol. The largest absolute Gasteiger partial charge is 0.390 e. The van der Waals surface area contributed by atoms with E-state index < -0.39 is 19.1 Å². The minimum Gasteiger partial charge on any atom is -0.390 e. The Morgan fingerprint density at radius 1 is 1.45 bits per heavy atom. The Kier molecular flexibility index (Phi) is 4.52. The highest BCUT2D eigenvalue weighted by atomic mass is 19.3. The van der Waals surface area contributed by atoms with Crippen molar-refractivity contribution in [3.8, 4) is 0 Å². The monoisotopic (exact) mass is 167 g/mol. The summed E-state index contributed by atoms with van der Waals surface area (Å²) < 4.78 is 24.6. The van der Waals surface area contributed by atoms with E-state index in [0.717, 1.165) is 0 Å². The second kappa shape index (κ2) is 4.62. The van der Waals surface area contributed by atoms with E-state index in [1.54, 1.807) is 0 Å². The molecule has 0 fully saturated rings. The van der Waals surface area contributed by atoms with Crippen LogP contribution < -0.4 is 5.32 Å². The number of nitrogens with one attached hydrogen (secondary N) is 1. The van der Waals surface area contributed by atoms with Crippen molar-refractivity contribution < 1.29 is 13.9 Å². The first kappa shape index (κ1) is 10.8. The van der Waals surface area contributed by atoms with Gasteiger partial charge in [0.05, 0.1) is 6.54 Å². The van der Waals surface area contributed by atoms with Crippen LogP contribution in [-0.4, -0.2) is 30.7 Å². The Labute approximate surface area is 65.6 Å². The maximum absolute atomic E-state index is 12.3. The van der Waals surface area contributed by atoms with Gasteiger partial charge in [0.2, 0.25) is 0 Å². The molecule has 0 amide bonds. The molecule has 2 N–H and O–H groups in total. The van der Waals surface area contributed by atoms with E-state index in [-0.39, 0.29) is 0 Å². The average Bonchev–Trinajstić information content (AvgIpc) is 1.87. The molecule has 0 aliphatic heterocycles. The van der Waals surface area contributed by atoms with Gasteiger partial charge in [-0.15, -0.1) is 0 Å². The van der Waals surface area contributed by atoms with Gasteiger partial charge in [0.25, 0.3) is 5.92 Å². The molecule has 0 aromatic heterocycles. The van der Waals surface area contributed by atoms with Crippen LogP contribution in [0.2, 0.25) is 0 Å². The van der Waals surface area contributed by atoms with Crippen LogP contribution in [0.5, 0.6) is 0 Å². The van der Waals surface area contributed by atoms with E-state index in [1.165, 1.54) is 0 Å². The lowest BCUT2D eigenvalue weighted by molar-refractivity contribution is -0.0477. The third kappa shape index (κ3) is 6.19. The Balaban J connectivity index is 3.38. The molecule has 0 aliphatic carbocycles. The lowest BCUT2D eigenvalue weighted by Crippen LogP contribution is -2.37. The first-order valence-electron chi connectivity index (χ1n) is 3.67. The maximum Gasteiger partial charge on any atom is 0.282 e. The zero-order valence-corrected chi connectivity index (χ0v) is 6.90. The van der Waals surface area contributed by atoms with Gasteiger partial charge in [0.1, 0.15) is 6.61 Å². The quantitative estimate of drug-likeness (QED) is 0.636. The van der Waals surface area contributed by atoms with Crippen molar-refractivity contribution in [3.05, 3.63) is 0 Å². The molecule has 0 aromatic rings. The number of aliphatic hydroxyl groups is 1. The second-order valence-corrected chi connectivity index (χ2v) is 3.04. The molecule has 0 radical (unpaired) electrons. The maximum atomic E-state index is 12.3. The van der Waals surface area contributed by atoms with E-state index in [9.17, 15) is 8.78 Å². The lowest BCUT2D eigenvalue weighted by atomic mass is 10.2. The Morgan fingerprint density at radius 3 is 2.36 bits per heavy atom. The fourth-order valence-corrected chi connectivity index (χ4v) is 0.600. The van der Waals surface area contributed by atoms with Crippen molar-refractivity contribution in [1.82, 2.24) is 5.32 Å². The minimum atomic E-state index is -2.98. The molecule has 0 aromatic carbocycles. The highest BCUT2D eigenvalue weighted by molar-refractivity contribution is 4.67. The van der Waals surface area contributed by atoms with Crippen LogP contribution in [0.15, 0.2) is 0 Å². The predicted molar refractivity (Wildman–Crippen MR) is 39.7 cm³/mol.